The molecule has 126 valence electrons. The molecular formula is C18H22N4O2. The van der Waals surface area contributed by atoms with E-state index in [4.69, 9.17) is 0 Å². The molecule has 0 bridgehead atoms. The van der Waals surface area contributed by atoms with Gasteiger partial charge in [-0.1, -0.05) is 18.2 Å². The van der Waals surface area contributed by atoms with E-state index in [2.05, 4.69) is 15.7 Å². The molecule has 2 N–H and O–H groups in total. The van der Waals surface area contributed by atoms with Gasteiger partial charge in [-0.25, -0.2) is 0 Å². The number of hydrogen-bond acceptors (Lipinski definition) is 3. The zero-order chi connectivity index (χ0) is 16.9. The highest BCUT2D eigenvalue weighted by molar-refractivity contribution is 5.96. The molecule has 0 aliphatic carbocycles. The monoisotopic (exact) mass is 326 g/mol. The number of benzene rings is 1. The van der Waals surface area contributed by atoms with Crippen LogP contribution in [0.2, 0.25) is 0 Å². The van der Waals surface area contributed by atoms with Gasteiger partial charge in [-0.15, -0.1) is 0 Å². The lowest BCUT2D eigenvalue weighted by Crippen LogP contribution is -2.37. The number of anilines is 1. The topological polar surface area (TPSA) is 76.0 Å². The summed E-state index contributed by atoms with van der Waals surface area (Å²) in [5, 5.41) is 10.0. The highest BCUT2D eigenvalue weighted by atomic mass is 16.2. The highest BCUT2D eigenvalue weighted by Crippen LogP contribution is 2.27. The number of nitrogens with zero attached hydrogens (tertiary/aromatic N) is 2. The van der Waals surface area contributed by atoms with E-state index >= 15 is 0 Å². The summed E-state index contributed by atoms with van der Waals surface area (Å²) in [7, 11) is 0. The van der Waals surface area contributed by atoms with E-state index in [1.54, 1.807) is 10.9 Å². The van der Waals surface area contributed by atoms with Gasteiger partial charge in [-0.2, -0.15) is 5.10 Å². The summed E-state index contributed by atoms with van der Waals surface area (Å²) >= 11 is 0. The maximum Gasteiger partial charge on any atom is 0.227 e. The van der Waals surface area contributed by atoms with Crippen molar-refractivity contribution in [3.05, 3.63) is 48.3 Å². The minimum atomic E-state index is -0.146. The summed E-state index contributed by atoms with van der Waals surface area (Å²) < 4.78 is 1.79. The number of carbonyl (C=O) groups is 2. The predicted molar refractivity (Wildman–Crippen MR) is 91.3 cm³/mol. The van der Waals surface area contributed by atoms with Gasteiger partial charge >= 0.3 is 0 Å². The summed E-state index contributed by atoms with van der Waals surface area (Å²) in [6, 6.07) is 9.67. The summed E-state index contributed by atoms with van der Waals surface area (Å²) in [6.07, 6.45) is 5.18. The van der Waals surface area contributed by atoms with E-state index in [9.17, 15) is 9.59 Å². The number of fused-ring (bicyclic) bond motifs is 1. The fourth-order valence-electron chi connectivity index (χ4n) is 3.03. The van der Waals surface area contributed by atoms with Gasteiger partial charge in [0.1, 0.15) is 0 Å². The van der Waals surface area contributed by atoms with Crippen molar-refractivity contribution in [3.8, 4) is 0 Å². The van der Waals surface area contributed by atoms with E-state index in [0.29, 0.717) is 25.8 Å². The van der Waals surface area contributed by atoms with Gasteiger partial charge < -0.3 is 10.6 Å². The van der Waals surface area contributed by atoms with Crippen LogP contribution < -0.4 is 10.6 Å². The minimum Gasteiger partial charge on any atom is -0.352 e. The van der Waals surface area contributed by atoms with Crippen molar-refractivity contribution in [2.75, 3.05) is 5.32 Å². The quantitative estimate of drug-likeness (QED) is 0.852. The summed E-state index contributed by atoms with van der Waals surface area (Å²) in [5.74, 6) is -0.167. The van der Waals surface area contributed by atoms with Crippen LogP contribution in [0.1, 0.15) is 25.3 Å². The first-order chi connectivity index (χ1) is 11.6. The lowest BCUT2D eigenvalue weighted by atomic mass is 9.89. The third-order valence-electron chi connectivity index (χ3n) is 4.26. The molecule has 0 saturated carbocycles. The van der Waals surface area contributed by atoms with Crippen molar-refractivity contribution >= 4 is 17.5 Å². The Bertz CT molecular complexity index is 712. The number of para-hydroxylation sites is 1. The Balaban J connectivity index is 1.47. The van der Waals surface area contributed by atoms with Gasteiger partial charge in [0.15, 0.2) is 0 Å². The van der Waals surface area contributed by atoms with Gasteiger partial charge in [0.25, 0.3) is 0 Å². The van der Waals surface area contributed by atoms with Crippen molar-refractivity contribution in [1.82, 2.24) is 15.1 Å². The second kappa shape index (κ2) is 7.29. The number of aromatic nitrogens is 2. The maximum atomic E-state index is 12.1. The third-order valence-corrected chi connectivity index (χ3v) is 4.26. The SMILES string of the molecule is CC(Cn1cccn1)NC(=O)CCC1Cc2ccccc2NC1=O. The second-order valence-electron chi connectivity index (χ2n) is 6.28. The van der Waals surface area contributed by atoms with Gasteiger partial charge in [0.05, 0.1) is 6.54 Å². The van der Waals surface area contributed by atoms with Crippen molar-refractivity contribution in [1.29, 1.82) is 0 Å². The van der Waals surface area contributed by atoms with Crippen LogP contribution in [0.5, 0.6) is 0 Å². The van der Waals surface area contributed by atoms with Crippen LogP contribution >= 0.6 is 0 Å². The van der Waals surface area contributed by atoms with E-state index in [1.807, 2.05) is 43.5 Å². The summed E-state index contributed by atoms with van der Waals surface area (Å²) in [5.41, 5.74) is 2.02. The normalized spacial score (nSPS) is 17.7. The smallest absolute Gasteiger partial charge is 0.227 e. The molecule has 24 heavy (non-hydrogen) atoms. The molecule has 6 nitrogen and oxygen atoms in total. The molecule has 2 unspecified atom stereocenters. The molecule has 0 fully saturated rings. The van der Waals surface area contributed by atoms with Gasteiger partial charge in [-0.05, 0) is 37.5 Å². The fourth-order valence-corrected chi connectivity index (χ4v) is 3.03. The molecule has 1 aliphatic heterocycles. The molecule has 0 saturated heterocycles. The first-order valence-electron chi connectivity index (χ1n) is 8.27. The van der Waals surface area contributed by atoms with Crippen LogP contribution in [0.4, 0.5) is 5.69 Å². The number of nitrogens with one attached hydrogen (secondary N) is 2. The first kappa shape index (κ1) is 16.2. The molecule has 2 atom stereocenters. The average Bonchev–Trinajstić information content (AvgIpc) is 3.05. The lowest BCUT2D eigenvalue weighted by molar-refractivity contribution is -0.123. The molecular weight excluding hydrogens is 304 g/mol. The number of carbonyl (C=O) groups excluding carboxylic acids is 2. The zero-order valence-corrected chi connectivity index (χ0v) is 13.7. The maximum absolute atomic E-state index is 12.1. The van der Waals surface area contributed by atoms with E-state index in [0.717, 1.165) is 11.3 Å². The van der Waals surface area contributed by atoms with Gasteiger partial charge in [-0.3, -0.25) is 14.3 Å². The van der Waals surface area contributed by atoms with Crippen molar-refractivity contribution < 1.29 is 9.59 Å². The molecule has 1 aliphatic rings. The summed E-state index contributed by atoms with van der Waals surface area (Å²) in [4.78, 5) is 24.3. The lowest BCUT2D eigenvalue weighted by Gasteiger charge is -2.24. The van der Waals surface area contributed by atoms with Gasteiger partial charge in [0, 0.05) is 36.5 Å². The third kappa shape index (κ3) is 4.01. The van der Waals surface area contributed by atoms with Crippen LogP contribution in [0, 0.1) is 5.92 Å². The Morgan fingerprint density at radius 2 is 2.25 bits per heavy atom. The largest absolute Gasteiger partial charge is 0.352 e. The first-order valence-corrected chi connectivity index (χ1v) is 8.27. The zero-order valence-electron chi connectivity index (χ0n) is 13.7. The molecule has 0 radical (unpaired) electrons. The Hall–Kier alpha value is -2.63. The Morgan fingerprint density at radius 3 is 3.04 bits per heavy atom. The van der Waals surface area contributed by atoms with Gasteiger partial charge in [0.2, 0.25) is 11.8 Å². The Kier molecular flexibility index (Phi) is 4.93. The average molecular weight is 326 g/mol. The molecule has 1 aromatic heterocycles. The molecule has 1 aromatic carbocycles. The Morgan fingerprint density at radius 1 is 1.42 bits per heavy atom. The van der Waals surface area contributed by atoms with Crippen LogP contribution in [0.25, 0.3) is 0 Å². The predicted octanol–water partition coefficient (Wildman–Crippen LogP) is 1.98. The van der Waals surface area contributed by atoms with Crippen molar-refractivity contribution in [3.63, 3.8) is 0 Å². The summed E-state index contributed by atoms with van der Waals surface area (Å²) in [6.45, 7) is 2.58. The number of hydrogen-bond donors (Lipinski definition) is 2. The Labute approximate surface area is 141 Å². The molecule has 3 rings (SSSR count). The number of rotatable bonds is 6. The van der Waals surface area contributed by atoms with Crippen LogP contribution in [-0.2, 0) is 22.6 Å². The van der Waals surface area contributed by atoms with E-state index in [-0.39, 0.29) is 23.8 Å². The molecule has 0 spiro atoms. The molecule has 2 amide bonds. The standard InChI is InChI=1S/C18H22N4O2/c1-13(12-22-10-4-9-19-22)20-17(23)8-7-15-11-14-5-2-3-6-16(14)21-18(15)24/h2-6,9-10,13,15H,7-8,11-12H2,1H3,(H,20,23)(H,21,24). The van der Waals surface area contributed by atoms with Crippen LogP contribution in [-0.4, -0.2) is 27.6 Å². The second-order valence-corrected chi connectivity index (χ2v) is 6.28. The van der Waals surface area contributed by atoms with E-state index < -0.39 is 0 Å². The van der Waals surface area contributed by atoms with Crippen LogP contribution in [0.15, 0.2) is 42.7 Å². The fraction of sp³-hybridized carbons (Fsp3) is 0.389. The number of amides is 2. The molecule has 6 heteroatoms. The van der Waals surface area contributed by atoms with Crippen molar-refractivity contribution in [2.24, 2.45) is 5.92 Å². The molecule has 2 aromatic rings. The minimum absolute atomic E-state index is 0.00157. The van der Waals surface area contributed by atoms with Crippen molar-refractivity contribution in [2.45, 2.75) is 38.8 Å². The highest BCUT2D eigenvalue weighted by Gasteiger charge is 2.26. The molecule has 2 heterocycles. The van der Waals surface area contributed by atoms with Crippen LogP contribution in [0.3, 0.4) is 0 Å². The van der Waals surface area contributed by atoms with E-state index in [1.165, 1.54) is 0 Å².